The highest BCUT2D eigenvalue weighted by atomic mass is 32.2. The van der Waals surface area contributed by atoms with E-state index in [0.29, 0.717) is 6.04 Å². The predicted molar refractivity (Wildman–Crippen MR) is 74.7 cm³/mol. The first-order valence-electron chi connectivity index (χ1n) is 6.29. The predicted octanol–water partition coefficient (Wildman–Crippen LogP) is 2.57. The average Bonchev–Trinajstić information content (AvgIpc) is 2.45. The molecule has 96 valence electrons. The quantitative estimate of drug-likeness (QED) is 0.886. The monoisotopic (exact) mass is 262 g/mol. The second kappa shape index (κ2) is 7.30. The van der Waals surface area contributed by atoms with E-state index in [1.807, 2.05) is 36.0 Å². The fraction of sp³-hybridized carbons (Fsp3) is 0.500. The normalized spacial score (nSPS) is 19.2. The molecule has 1 aromatic carbocycles. The summed E-state index contributed by atoms with van der Waals surface area (Å²) in [5, 5.41) is 12.1. The smallest absolute Gasteiger partial charge is 0.174 e. The summed E-state index contributed by atoms with van der Waals surface area (Å²) in [6, 6.07) is 10.5. The van der Waals surface area contributed by atoms with Crippen LogP contribution in [0.3, 0.4) is 0 Å². The minimum Gasteiger partial charge on any atom is -0.478 e. The van der Waals surface area contributed by atoms with Gasteiger partial charge in [0.15, 0.2) is 6.61 Å². The van der Waals surface area contributed by atoms with Crippen LogP contribution in [0, 0.1) is 11.3 Å². The third-order valence-corrected chi connectivity index (χ3v) is 4.22. The van der Waals surface area contributed by atoms with Crippen LogP contribution in [0.4, 0.5) is 0 Å². The Hall–Kier alpha value is -1.18. The van der Waals surface area contributed by atoms with E-state index < -0.39 is 0 Å². The summed E-state index contributed by atoms with van der Waals surface area (Å²) in [4.78, 5) is 0. The van der Waals surface area contributed by atoms with Crippen LogP contribution in [0.15, 0.2) is 24.3 Å². The van der Waals surface area contributed by atoms with Gasteiger partial charge >= 0.3 is 0 Å². The van der Waals surface area contributed by atoms with E-state index in [-0.39, 0.29) is 6.61 Å². The van der Waals surface area contributed by atoms with Gasteiger partial charge in [0.05, 0.1) is 0 Å². The zero-order valence-corrected chi connectivity index (χ0v) is 11.2. The molecule has 0 spiro atoms. The first-order chi connectivity index (χ1) is 8.90. The Bertz CT molecular complexity index is 411. The van der Waals surface area contributed by atoms with Gasteiger partial charge in [-0.15, -0.1) is 0 Å². The van der Waals surface area contributed by atoms with E-state index in [9.17, 15) is 0 Å². The zero-order chi connectivity index (χ0) is 12.6. The van der Waals surface area contributed by atoms with Crippen LogP contribution in [0.2, 0.25) is 0 Å². The molecule has 1 unspecified atom stereocenters. The van der Waals surface area contributed by atoms with Crippen LogP contribution in [-0.4, -0.2) is 24.2 Å². The largest absolute Gasteiger partial charge is 0.478 e. The van der Waals surface area contributed by atoms with Crippen LogP contribution < -0.4 is 10.1 Å². The highest BCUT2D eigenvalue weighted by Crippen LogP contribution is 2.20. The van der Waals surface area contributed by atoms with E-state index in [4.69, 9.17) is 10.00 Å². The van der Waals surface area contributed by atoms with Gasteiger partial charge in [-0.3, -0.25) is 0 Å². The fourth-order valence-corrected chi connectivity index (χ4v) is 3.16. The summed E-state index contributed by atoms with van der Waals surface area (Å²) in [7, 11) is 0. The molecular weight excluding hydrogens is 244 g/mol. The van der Waals surface area contributed by atoms with Crippen LogP contribution in [0.1, 0.15) is 18.4 Å². The van der Waals surface area contributed by atoms with Gasteiger partial charge in [-0.25, -0.2) is 0 Å². The van der Waals surface area contributed by atoms with Crippen LogP contribution in [-0.2, 0) is 6.54 Å². The van der Waals surface area contributed by atoms with Crippen molar-refractivity contribution in [2.24, 2.45) is 0 Å². The summed E-state index contributed by atoms with van der Waals surface area (Å²) in [5.74, 6) is 3.30. The molecule has 1 aromatic rings. The van der Waals surface area contributed by atoms with E-state index in [1.165, 1.54) is 24.3 Å². The Kier molecular flexibility index (Phi) is 5.37. The standard InChI is InChI=1S/C14H18N2OS/c15-7-8-17-14-6-2-1-4-12(14)10-16-13-5-3-9-18-11-13/h1-2,4,6,13,16H,3,5,8-11H2. The van der Waals surface area contributed by atoms with E-state index >= 15 is 0 Å². The molecule has 3 nitrogen and oxygen atoms in total. The summed E-state index contributed by atoms with van der Waals surface area (Å²) in [5.41, 5.74) is 1.13. The zero-order valence-electron chi connectivity index (χ0n) is 10.4. The molecule has 1 atom stereocenters. The number of nitriles is 1. The molecule has 0 radical (unpaired) electrons. The molecule has 1 N–H and O–H groups in total. The molecule has 2 rings (SSSR count). The van der Waals surface area contributed by atoms with Crippen molar-refractivity contribution in [2.75, 3.05) is 18.1 Å². The number of ether oxygens (including phenoxy) is 1. The number of nitrogens with zero attached hydrogens (tertiary/aromatic N) is 1. The number of hydrogen-bond donors (Lipinski definition) is 1. The van der Waals surface area contributed by atoms with Crippen LogP contribution in [0.5, 0.6) is 5.75 Å². The number of rotatable bonds is 5. The molecule has 0 bridgehead atoms. The average molecular weight is 262 g/mol. The van der Waals surface area contributed by atoms with Crippen molar-refractivity contribution in [3.63, 3.8) is 0 Å². The van der Waals surface area contributed by atoms with Crippen molar-refractivity contribution >= 4 is 11.8 Å². The number of hydrogen-bond acceptors (Lipinski definition) is 4. The first kappa shape index (κ1) is 13.3. The highest BCUT2D eigenvalue weighted by Gasteiger charge is 2.13. The van der Waals surface area contributed by atoms with Crippen molar-refractivity contribution in [1.82, 2.24) is 5.32 Å². The van der Waals surface area contributed by atoms with Crippen molar-refractivity contribution in [2.45, 2.75) is 25.4 Å². The molecule has 0 saturated carbocycles. The Morgan fingerprint density at radius 2 is 2.33 bits per heavy atom. The molecule has 0 aliphatic carbocycles. The summed E-state index contributed by atoms with van der Waals surface area (Å²) in [6.45, 7) is 0.920. The van der Waals surface area contributed by atoms with Gasteiger partial charge in [-0.2, -0.15) is 17.0 Å². The molecule has 0 aromatic heterocycles. The number of thioether (sulfide) groups is 1. The summed E-state index contributed by atoms with van der Waals surface area (Å²) in [6.07, 6.45) is 2.56. The molecule has 18 heavy (non-hydrogen) atoms. The second-order valence-electron chi connectivity index (χ2n) is 4.35. The topological polar surface area (TPSA) is 45.0 Å². The maximum absolute atomic E-state index is 8.56. The number of nitrogens with one attached hydrogen (secondary N) is 1. The maximum Gasteiger partial charge on any atom is 0.174 e. The van der Waals surface area contributed by atoms with Gasteiger partial charge in [-0.05, 0) is 24.7 Å². The van der Waals surface area contributed by atoms with Gasteiger partial charge in [0, 0.05) is 23.9 Å². The Labute approximate surface area is 113 Å². The van der Waals surface area contributed by atoms with Crippen molar-refractivity contribution < 1.29 is 4.74 Å². The summed E-state index contributed by atoms with van der Waals surface area (Å²) < 4.78 is 5.42. The van der Waals surface area contributed by atoms with Gasteiger partial charge < -0.3 is 10.1 Å². The van der Waals surface area contributed by atoms with Crippen molar-refractivity contribution in [3.8, 4) is 11.8 Å². The molecule has 1 saturated heterocycles. The summed E-state index contributed by atoms with van der Waals surface area (Å²) >= 11 is 2.02. The van der Waals surface area contributed by atoms with Gasteiger partial charge in [-0.1, -0.05) is 18.2 Å². The molecule has 1 aliphatic heterocycles. The lowest BCUT2D eigenvalue weighted by Crippen LogP contribution is -2.33. The SMILES string of the molecule is N#CCOc1ccccc1CNC1CCCSC1. The highest BCUT2D eigenvalue weighted by molar-refractivity contribution is 7.99. The molecule has 4 heteroatoms. The Morgan fingerprint density at radius 3 is 3.11 bits per heavy atom. The molecule has 0 amide bonds. The van der Waals surface area contributed by atoms with Crippen molar-refractivity contribution in [3.05, 3.63) is 29.8 Å². The Balaban J connectivity index is 1.89. The van der Waals surface area contributed by atoms with Crippen LogP contribution in [0.25, 0.3) is 0 Å². The lowest BCUT2D eigenvalue weighted by atomic mass is 10.1. The number of benzene rings is 1. The Morgan fingerprint density at radius 1 is 1.44 bits per heavy atom. The molecular formula is C14H18N2OS. The van der Waals surface area contributed by atoms with Crippen LogP contribution >= 0.6 is 11.8 Å². The van der Waals surface area contributed by atoms with Gasteiger partial charge in [0.2, 0.25) is 0 Å². The second-order valence-corrected chi connectivity index (χ2v) is 5.50. The maximum atomic E-state index is 8.56. The molecule has 1 fully saturated rings. The minimum atomic E-state index is 0.107. The fourth-order valence-electron chi connectivity index (χ4n) is 2.06. The third kappa shape index (κ3) is 3.94. The molecule has 1 aliphatic rings. The lowest BCUT2D eigenvalue weighted by Gasteiger charge is -2.23. The number of para-hydroxylation sites is 1. The van der Waals surface area contributed by atoms with E-state index in [2.05, 4.69) is 11.4 Å². The third-order valence-electron chi connectivity index (χ3n) is 3.01. The minimum absolute atomic E-state index is 0.107. The van der Waals surface area contributed by atoms with E-state index in [0.717, 1.165) is 17.9 Å². The first-order valence-corrected chi connectivity index (χ1v) is 7.44. The van der Waals surface area contributed by atoms with Crippen molar-refractivity contribution in [1.29, 1.82) is 5.26 Å². The van der Waals surface area contributed by atoms with Gasteiger partial charge in [0.1, 0.15) is 11.8 Å². The molecule has 1 heterocycles. The lowest BCUT2D eigenvalue weighted by molar-refractivity contribution is 0.361. The van der Waals surface area contributed by atoms with Gasteiger partial charge in [0.25, 0.3) is 0 Å². The van der Waals surface area contributed by atoms with E-state index in [1.54, 1.807) is 0 Å².